The van der Waals surface area contributed by atoms with Crippen LogP contribution in [0.3, 0.4) is 0 Å². The Morgan fingerprint density at radius 2 is 1.87 bits per heavy atom. The van der Waals surface area contributed by atoms with Crippen LogP contribution in [0.1, 0.15) is 64.8 Å². The Kier molecular flexibility index (Phi) is 10.1. The van der Waals surface area contributed by atoms with E-state index in [0.717, 1.165) is 37.2 Å². The number of thiazole rings is 1. The average molecular weight is 563 g/mol. The highest BCUT2D eigenvalue weighted by Crippen LogP contribution is 2.30. The van der Waals surface area contributed by atoms with Crippen LogP contribution in [-0.2, 0) is 25.8 Å². The minimum Gasteiger partial charge on any atom is -0.351 e. The van der Waals surface area contributed by atoms with Crippen molar-refractivity contribution in [2.75, 3.05) is 19.6 Å². The molecule has 0 radical (unpaired) electrons. The molecule has 1 unspecified atom stereocenters. The molecular weight excluding hydrogens is 528 g/mol. The smallest absolute Gasteiger partial charge is 0.351 e. The number of nitrogens with zero attached hydrogens (tertiary/aromatic N) is 3. The predicted octanol–water partition coefficient (Wildman–Crippen LogP) is 6.50. The molecule has 0 saturated carbocycles. The van der Waals surface area contributed by atoms with Crippen molar-refractivity contribution in [2.45, 2.75) is 64.5 Å². The molecule has 210 valence electrons. The molecule has 0 bridgehead atoms. The molecule has 0 aliphatic carbocycles. The molecule has 4 rings (SSSR count). The molecule has 5 nitrogen and oxygen atoms in total. The third-order valence-electron chi connectivity index (χ3n) is 6.97. The van der Waals surface area contributed by atoms with Gasteiger partial charge in [-0.05, 0) is 62.1 Å². The molecule has 1 atom stereocenters. The van der Waals surface area contributed by atoms with Gasteiger partial charge in [-0.25, -0.2) is 9.37 Å². The van der Waals surface area contributed by atoms with Crippen molar-refractivity contribution in [2.24, 2.45) is 0 Å². The standard InChI is InChI=1S/C29H34F4N4OS/c1-21-6-2-3-14-37(21)15-5-13-34-28(38)26-20-39-27(35-26)19-36(17-22-9-11-25(30)12-10-22)18-23-7-4-8-24(16-23)29(31,32)33/h4,7-12,16,20-21H,2-3,5-6,13-15,17-19H2,1H3,(H,34,38). The van der Waals surface area contributed by atoms with Gasteiger partial charge >= 0.3 is 6.18 Å². The summed E-state index contributed by atoms with van der Waals surface area (Å²) in [6, 6.07) is 11.8. The van der Waals surface area contributed by atoms with Crippen molar-refractivity contribution < 1.29 is 22.4 Å². The topological polar surface area (TPSA) is 48.5 Å². The fraction of sp³-hybridized carbons (Fsp3) is 0.448. The fourth-order valence-electron chi connectivity index (χ4n) is 4.86. The molecule has 2 heterocycles. The van der Waals surface area contributed by atoms with Crippen LogP contribution in [0.2, 0.25) is 0 Å². The number of carbonyl (C=O) groups excluding carboxylic acids is 1. The Balaban J connectivity index is 1.37. The van der Waals surface area contributed by atoms with Crippen LogP contribution in [-0.4, -0.2) is 46.4 Å². The third-order valence-corrected chi connectivity index (χ3v) is 7.80. The van der Waals surface area contributed by atoms with Gasteiger partial charge in [0.1, 0.15) is 16.5 Å². The number of likely N-dealkylation sites (tertiary alicyclic amines) is 1. The van der Waals surface area contributed by atoms with Gasteiger partial charge in [-0.1, -0.05) is 36.8 Å². The Bertz CT molecular complexity index is 1210. The van der Waals surface area contributed by atoms with Crippen LogP contribution < -0.4 is 5.32 Å². The van der Waals surface area contributed by atoms with Crippen LogP contribution in [0.4, 0.5) is 17.6 Å². The highest BCUT2D eigenvalue weighted by Gasteiger charge is 2.30. The molecule has 1 N–H and O–H groups in total. The van der Waals surface area contributed by atoms with E-state index in [1.807, 2.05) is 4.90 Å². The summed E-state index contributed by atoms with van der Waals surface area (Å²) in [5.41, 5.74) is 0.956. The predicted molar refractivity (Wildman–Crippen MR) is 145 cm³/mol. The molecular formula is C29H34F4N4OS. The van der Waals surface area contributed by atoms with Gasteiger partial charge in [-0.3, -0.25) is 9.69 Å². The van der Waals surface area contributed by atoms with E-state index in [1.54, 1.807) is 23.6 Å². The zero-order chi connectivity index (χ0) is 27.8. The number of aromatic nitrogens is 1. The highest BCUT2D eigenvalue weighted by atomic mass is 32.1. The largest absolute Gasteiger partial charge is 0.416 e. The van der Waals surface area contributed by atoms with Gasteiger partial charge in [-0.2, -0.15) is 13.2 Å². The molecule has 2 aromatic carbocycles. The number of piperidine rings is 1. The lowest BCUT2D eigenvalue weighted by atomic mass is 10.0. The number of benzene rings is 2. The normalized spacial score (nSPS) is 16.5. The first-order valence-corrected chi connectivity index (χ1v) is 14.1. The Morgan fingerprint density at radius 1 is 1.10 bits per heavy atom. The molecule has 1 saturated heterocycles. The number of rotatable bonds is 11. The van der Waals surface area contributed by atoms with E-state index in [-0.39, 0.29) is 18.3 Å². The summed E-state index contributed by atoms with van der Waals surface area (Å²) in [7, 11) is 0. The summed E-state index contributed by atoms with van der Waals surface area (Å²) in [4.78, 5) is 21.6. The van der Waals surface area contributed by atoms with E-state index in [1.165, 1.54) is 48.8 Å². The molecule has 1 aliphatic rings. The molecule has 1 aromatic heterocycles. The maximum atomic E-state index is 13.4. The molecule has 10 heteroatoms. The fourth-order valence-corrected chi connectivity index (χ4v) is 5.68. The second-order valence-corrected chi connectivity index (χ2v) is 11.0. The van der Waals surface area contributed by atoms with Crippen molar-refractivity contribution in [3.8, 4) is 0 Å². The second kappa shape index (κ2) is 13.5. The van der Waals surface area contributed by atoms with Crippen molar-refractivity contribution >= 4 is 17.2 Å². The van der Waals surface area contributed by atoms with E-state index in [0.29, 0.717) is 41.9 Å². The highest BCUT2D eigenvalue weighted by molar-refractivity contribution is 7.09. The molecule has 1 fully saturated rings. The molecule has 0 spiro atoms. The van der Waals surface area contributed by atoms with Crippen LogP contribution in [0, 0.1) is 5.82 Å². The molecule has 1 aliphatic heterocycles. The summed E-state index contributed by atoms with van der Waals surface area (Å²) in [5, 5.41) is 5.33. The van der Waals surface area contributed by atoms with Crippen LogP contribution >= 0.6 is 11.3 Å². The lowest BCUT2D eigenvalue weighted by Crippen LogP contribution is -2.39. The number of nitrogens with one attached hydrogen (secondary N) is 1. The zero-order valence-electron chi connectivity index (χ0n) is 22.0. The average Bonchev–Trinajstić information content (AvgIpc) is 3.37. The van der Waals surface area contributed by atoms with E-state index in [4.69, 9.17) is 0 Å². The van der Waals surface area contributed by atoms with Crippen molar-refractivity contribution in [3.05, 3.63) is 87.1 Å². The first-order valence-electron chi connectivity index (χ1n) is 13.3. The molecule has 3 aromatic rings. The number of alkyl halides is 3. The number of halogens is 4. The number of carbonyl (C=O) groups is 1. The molecule has 1 amide bonds. The number of hydrogen-bond donors (Lipinski definition) is 1. The van der Waals surface area contributed by atoms with Gasteiger partial charge < -0.3 is 10.2 Å². The van der Waals surface area contributed by atoms with E-state index >= 15 is 0 Å². The van der Waals surface area contributed by atoms with E-state index < -0.39 is 11.7 Å². The van der Waals surface area contributed by atoms with Crippen LogP contribution in [0.25, 0.3) is 0 Å². The van der Waals surface area contributed by atoms with Crippen LogP contribution in [0.5, 0.6) is 0 Å². The summed E-state index contributed by atoms with van der Waals surface area (Å²) in [6.45, 7) is 5.83. The van der Waals surface area contributed by atoms with Gasteiger partial charge in [0.05, 0.1) is 12.1 Å². The molecule has 39 heavy (non-hydrogen) atoms. The Hall–Kier alpha value is -2.82. The van der Waals surface area contributed by atoms with E-state index in [9.17, 15) is 22.4 Å². The van der Waals surface area contributed by atoms with Crippen LogP contribution in [0.15, 0.2) is 53.9 Å². The third kappa shape index (κ3) is 8.84. The lowest BCUT2D eigenvalue weighted by Gasteiger charge is -2.33. The summed E-state index contributed by atoms with van der Waals surface area (Å²) >= 11 is 1.34. The Labute approximate surface area is 230 Å². The van der Waals surface area contributed by atoms with Crippen molar-refractivity contribution in [3.63, 3.8) is 0 Å². The lowest BCUT2D eigenvalue weighted by molar-refractivity contribution is -0.137. The SMILES string of the molecule is CC1CCCCN1CCCNC(=O)c1csc(CN(Cc2ccc(F)cc2)Cc2cccc(C(F)(F)F)c2)n1. The monoisotopic (exact) mass is 562 g/mol. The maximum Gasteiger partial charge on any atom is 0.416 e. The summed E-state index contributed by atoms with van der Waals surface area (Å²) < 4.78 is 53.1. The van der Waals surface area contributed by atoms with Gasteiger partial charge in [-0.15, -0.1) is 11.3 Å². The minimum atomic E-state index is -4.43. The number of amides is 1. The minimum absolute atomic E-state index is 0.229. The number of hydrogen-bond acceptors (Lipinski definition) is 5. The van der Waals surface area contributed by atoms with Gasteiger partial charge in [0, 0.05) is 37.6 Å². The summed E-state index contributed by atoms with van der Waals surface area (Å²) in [5.74, 6) is -0.587. The van der Waals surface area contributed by atoms with Gasteiger partial charge in [0.2, 0.25) is 0 Å². The van der Waals surface area contributed by atoms with Gasteiger partial charge in [0.15, 0.2) is 0 Å². The Morgan fingerprint density at radius 3 is 2.62 bits per heavy atom. The zero-order valence-corrected chi connectivity index (χ0v) is 22.8. The van der Waals surface area contributed by atoms with E-state index in [2.05, 4.69) is 22.1 Å². The van der Waals surface area contributed by atoms with Crippen molar-refractivity contribution in [1.29, 1.82) is 0 Å². The maximum absolute atomic E-state index is 13.4. The summed E-state index contributed by atoms with van der Waals surface area (Å²) in [6.07, 6.45) is 0.170. The van der Waals surface area contributed by atoms with Crippen molar-refractivity contribution in [1.82, 2.24) is 20.1 Å². The first-order chi connectivity index (χ1) is 18.7. The van der Waals surface area contributed by atoms with Gasteiger partial charge in [0.25, 0.3) is 5.91 Å². The quantitative estimate of drug-likeness (QED) is 0.214. The second-order valence-electron chi connectivity index (χ2n) is 10.1. The first kappa shape index (κ1) is 29.2.